The highest BCUT2D eigenvalue weighted by Crippen LogP contribution is 2.30. The van der Waals surface area contributed by atoms with Crippen LogP contribution in [-0.2, 0) is 0 Å². The summed E-state index contributed by atoms with van der Waals surface area (Å²) in [5, 5.41) is 5.22. The molecule has 1 aromatic rings. The van der Waals surface area contributed by atoms with E-state index in [0.29, 0.717) is 11.4 Å². The van der Waals surface area contributed by atoms with Gasteiger partial charge in [-0.3, -0.25) is 5.32 Å². The van der Waals surface area contributed by atoms with Crippen LogP contribution < -0.4 is 21.1 Å². The van der Waals surface area contributed by atoms with Gasteiger partial charge in [0.25, 0.3) is 0 Å². The minimum Gasteiger partial charge on any atom is -0.494 e. The predicted molar refractivity (Wildman–Crippen MR) is 80.4 cm³/mol. The molecule has 0 bridgehead atoms. The first kappa shape index (κ1) is 15.8. The summed E-state index contributed by atoms with van der Waals surface area (Å²) in [6.45, 7) is 7.53. The van der Waals surface area contributed by atoms with E-state index in [0.717, 1.165) is 5.56 Å². The Morgan fingerprint density at radius 3 is 2.55 bits per heavy atom. The molecule has 0 aliphatic heterocycles. The minimum absolute atomic E-state index is 0.0133. The van der Waals surface area contributed by atoms with Crippen LogP contribution in [0.2, 0.25) is 0 Å². The molecule has 0 aromatic heterocycles. The van der Waals surface area contributed by atoms with Crippen molar-refractivity contribution in [3.05, 3.63) is 23.8 Å². The molecule has 0 atom stereocenters. The van der Waals surface area contributed by atoms with Crippen molar-refractivity contribution in [3.8, 4) is 5.75 Å². The zero-order valence-electron chi connectivity index (χ0n) is 12.6. The van der Waals surface area contributed by atoms with E-state index in [-0.39, 0.29) is 11.5 Å². The highest BCUT2D eigenvalue weighted by atomic mass is 16.5. The molecule has 0 saturated carbocycles. The number of carbonyl (C=O) groups excluding carboxylic acids is 1. The normalized spacial score (nSPS) is 11.9. The van der Waals surface area contributed by atoms with Crippen LogP contribution in [0.5, 0.6) is 5.75 Å². The summed E-state index contributed by atoms with van der Waals surface area (Å²) in [5.41, 5.74) is 6.91. The molecule has 0 saturated heterocycles. The fraction of sp³-hybridized carbons (Fsp3) is 0.429. The molecule has 0 fully saturated rings. The largest absolute Gasteiger partial charge is 0.494 e. The van der Waals surface area contributed by atoms with Crippen molar-refractivity contribution in [2.75, 3.05) is 7.11 Å². The number of carbonyl (C=O) groups is 1. The van der Waals surface area contributed by atoms with Crippen molar-refractivity contribution in [2.45, 2.75) is 33.2 Å². The number of urea groups is 1. The Kier molecular flexibility index (Phi) is 4.96. The van der Waals surface area contributed by atoms with Gasteiger partial charge in [-0.25, -0.2) is 9.79 Å². The zero-order chi connectivity index (χ0) is 15.3. The molecule has 20 heavy (non-hydrogen) atoms. The molecule has 1 aromatic carbocycles. The number of amides is 2. The molecule has 2 amide bonds. The molecule has 6 nitrogen and oxygen atoms in total. The van der Waals surface area contributed by atoms with Gasteiger partial charge in [0.2, 0.25) is 5.96 Å². The van der Waals surface area contributed by atoms with Gasteiger partial charge in [-0.05, 0) is 39.3 Å². The molecule has 0 aliphatic carbocycles. The molecule has 4 N–H and O–H groups in total. The quantitative estimate of drug-likeness (QED) is 0.571. The van der Waals surface area contributed by atoms with Crippen molar-refractivity contribution in [3.63, 3.8) is 0 Å². The van der Waals surface area contributed by atoms with Gasteiger partial charge in [-0.1, -0.05) is 12.1 Å². The van der Waals surface area contributed by atoms with E-state index in [2.05, 4.69) is 15.6 Å². The van der Waals surface area contributed by atoms with E-state index in [4.69, 9.17) is 10.5 Å². The van der Waals surface area contributed by atoms with Crippen LogP contribution in [0, 0.1) is 6.92 Å². The van der Waals surface area contributed by atoms with E-state index in [1.807, 2.05) is 39.8 Å². The number of nitrogens with two attached hydrogens (primary N) is 1. The third-order valence-electron chi connectivity index (χ3n) is 2.38. The van der Waals surface area contributed by atoms with Crippen LogP contribution >= 0.6 is 0 Å². The molecule has 0 radical (unpaired) electrons. The highest BCUT2D eigenvalue weighted by Gasteiger charge is 2.14. The first-order valence-electron chi connectivity index (χ1n) is 6.30. The van der Waals surface area contributed by atoms with Gasteiger partial charge in [0.1, 0.15) is 11.4 Å². The summed E-state index contributed by atoms with van der Waals surface area (Å²) in [6, 6.07) is 5.15. The number of aryl methyl sites for hydroxylation is 1. The number of rotatable bonds is 2. The second-order valence-electron chi connectivity index (χ2n) is 5.45. The Balaban J connectivity index is 2.87. The first-order valence-corrected chi connectivity index (χ1v) is 6.30. The van der Waals surface area contributed by atoms with Gasteiger partial charge in [0, 0.05) is 5.54 Å². The Labute approximate surface area is 119 Å². The van der Waals surface area contributed by atoms with Crippen LogP contribution in [0.1, 0.15) is 26.3 Å². The number of ether oxygens (including phenoxy) is 1. The number of nitrogens with one attached hydrogen (secondary N) is 2. The van der Waals surface area contributed by atoms with Crippen molar-refractivity contribution >= 4 is 17.7 Å². The Morgan fingerprint density at radius 1 is 1.35 bits per heavy atom. The summed E-state index contributed by atoms with van der Waals surface area (Å²) < 4.78 is 5.22. The zero-order valence-corrected chi connectivity index (χ0v) is 12.6. The summed E-state index contributed by atoms with van der Waals surface area (Å²) in [5.74, 6) is 0.616. The van der Waals surface area contributed by atoms with Gasteiger partial charge in [0.15, 0.2) is 0 Å². The molecule has 0 unspecified atom stereocenters. The molecule has 0 spiro atoms. The number of hydrogen-bond donors (Lipinski definition) is 3. The van der Waals surface area contributed by atoms with Gasteiger partial charge in [0.05, 0.1) is 7.11 Å². The average molecular weight is 278 g/mol. The SMILES string of the molecule is COc1cccc(C)c1N=C(N)NC(=O)NC(C)(C)C. The maximum atomic E-state index is 11.7. The number of guanidine groups is 1. The summed E-state index contributed by atoms with van der Waals surface area (Å²) >= 11 is 0. The Morgan fingerprint density at radius 2 is 2.00 bits per heavy atom. The van der Waals surface area contributed by atoms with Gasteiger partial charge >= 0.3 is 6.03 Å². The monoisotopic (exact) mass is 278 g/mol. The lowest BCUT2D eigenvalue weighted by Gasteiger charge is -2.20. The number of aliphatic imine (C=N–C) groups is 1. The number of nitrogens with zero attached hydrogens (tertiary/aromatic N) is 1. The fourth-order valence-electron chi connectivity index (χ4n) is 1.58. The molecule has 0 aliphatic rings. The number of methoxy groups -OCH3 is 1. The van der Waals surface area contributed by atoms with E-state index in [9.17, 15) is 4.79 Å². The van der Waals surface area contributed by atoms with Crippen molar-refractivity contribution in [1.29, 1.82) is 0 Å². The lowest BCUT2D eigenvalue weighted by Crippen LogP contribution is -2.50. The Bertz CT molecular complexity index is 518. The second-order valence-corrected chi connectivity index (χ2v) is 5.45. The van der Waals surface area contributed by atoms with Gasteiger partial charge in [-0.15, -0.1) is 0 Å². The van der Waals surface area contributed by atoms with Gasteiger partial charge < -0.3 is 15.8 Å². The molecular formula is C14H22N4O2. The number of para-hydroxylation sites is 1. The average Bonchev–Trinajstić information content (AvgIpc) is 2.28. The van der Waals surface area contributed by atoms with Crippen LogP contribution in [0.3, 0.4) is 0 Å². The van der Waals surface area contributed by atoms with Crippen LogP contribution in [0.15, 0.2) is 23.2 Å². The lowest BCUT2D eigenvalue weighted by molar-refractivity contribution is 0.236. The molecule has 6 heteroatoms. The number of benzene rings is 1. The van der Waals surface area contributed by atoms with E-state index < -0.39 is 6.03 Å². The van der Waals surface area contributed by atoms with E-state index in [1.54, 1.807) is 13.2 Å². The molecule has 1 rings (SSSR count). The minimum atomic E-state index is -0.397. The van der Waals surface area contributed by atoms with Crippen LogP contribution in [0.4, 0.5) is 10.5 Å². The van der Waals surface area contributed by atoms with Crippen LogP contribution in [0.25, 0.3) is 0 Å². The summed E-state index contributed by atoms with van der Waals surface area (Å²) in [6.07, 6.45) is 0. The highest BCUT2D eigenvalue weighted by molar-refractivity contribution is 5.97. The van der Waals surface area contributed by atoms with Crippen molar-refractivity contribution in [1.82, 2.24) is 10.6 Å². The fourth-order valence-corrected chi connectivity index (χ4v) is 1.58. The Hall–Kier alpha value is -2.24. The molecule has 0 heterocycles. The third-order valence-corrected chi connectivity index (χ3v) is 2.38. The molecular weight excluding hydrogens is 256 g/mol. The van der Waals surface area contributed by atoms with E-state index >= 15 is 0 Å². The molecule has 110 valence electrons. The standard InChI is InChI=1S/C14H22N4O2/c1-9-7-6-8-10(20-5)11(9)16-12(15)17-13(19)18-14(2,3)4/h6-8H,1-5H3,(H4,15,16,17,18,19). The maximum absolute atomic E-state index is 11.7. The van der Waals surface area contributed by atoms with Crippen molar-refractivity contribution in [2.24, 2.45) is 10.7 Å². The smallest absolute Gasteiger partial charge is 0.321 e. The van der Waals surface area contributed by atoms with Crippen LogP contribution in [-0.4, -0.2) is 24.6 Å². The first-order chi connectivity index (χ1) is 9.23. The summed E-state index contributed by atoms with van der Waals surface area (Å²) in [4.78, 5) is 15.9. The third kappa shape index (κ3) is 4.79. The second kappa shape index (κ2) is 6.27. The number of hydrogen-bond acceptors (Lipinski definition) is 3. The lowest BCUT2D eigenvalue weighted by atomic mass is 10.1. The topological polar surface area (TPSA) is 88.7 Å². The predicted octanol–water partition coefficient (Wildman–Crippen LogP) is 2.05. The summed E-state index contributed by atoms with van der Waals surface area (Å²) in [7, 11) is 1.56. The maximum Gasteiger partial charge on any atom is 0.321 e. The van der Waals surface area contributed by atoms with Crippen molar-refractivity contribution < 1.29 is 9.53 Å². The van der Waals surface area contributed by atoms with Gasteiger partial charge in [-0.2, -0.15) is 0 Å². The van der Waals surface area contributed by atoms with E-state index in [1.165, 1.54) is 0 Å².